The van der Waals surface area contributed by atoms with Gasteiger partial charge in [0.2, 0.25) is 0 Å². The smallest absolute Gasteiger partial charge is 0.331 e. The summed E-state index contributed by atoms with van der Waals surface area (Å²) in [5.41, 5.74) is 1.74. The monoisotopic (exact) mass is 166 g/mol. The van der Waals surface area contributed by atoms with E-state index >= 15 is 0 Å². The Morgan fingerprint density at radius 3 is 2.67 bits per heavy atom. The van der Waals surface area contributed by atoms with Crippen molar-refractivity contribution in [1.82, 2.24) is 0 Å². The Hall–Kier alpha value is -1.09. The molecule has 0 radical (unpaired) electrons. The SMILES string of the molecule is O=C(O)C1=CC=C(C2CO2)CC1. The van der Waals surface area contributed by atoms with E-state index in [0.717, 1.165) is 13.0 Å². The van der Waals surface area contributed by atoms with Crippen LogP contribution in [0.2, 0.25) is 0 Å². The molecule has 3 nitrogen and oxygen atoms in total. The van der Waals surface area contributed by atoms with Crippen molar-refractivity contribution >= 4 is 5.97 Å². The van der Waals surface area contributed by atoms with Crippen LogP contribution in [0, 0.1) is 0 Å². The minimum Gasteiger partial charge on any atom is -0.478 e. The first-order valence-corrected chi connectivity index (χ1v) is 4.02. The molecule has 1 saturated heterocycles. The fourth-order valence-electron chi connectivity index (χ4n) is 1.36. The van der Waals surface area contributed by atoms with Crippen LogP contribution in [0.1, 0.15) is 12.8 Å². The van der Waals surface area contributed by atoms with Gasteiger partial charge in [-0.15, -0.1) is 0 Å². The third kappa shape index (κ3) is 1.41. The van der Waals surface area contributed by atoms with E-state index in [0.29, 0.717) is 12.0 Å². The summed E-state index contributed by atoms with van der Waals surface area (Å²) in [5.74, 6) is -0.804. The first-order chi connectivity index (χ1) is 5.77. The summed E-state index contributed by atoms with van der Waals surface area (Å²) < 4.78 is 5.10. The number of aliphatic carboxylic acids is 1. The van der Waals surface area contributed by atoms with Gasteiger partial charge in [0.1, 0.15) is 6.10 Å². The van der Waals surface area contributed by atoms with Gasteiger partial charge in [0.25, 0.3) is 0 Å². The molecule has 1 aliphatic heterocycles. The van der Waals surface area contributed by atoms with Gasteiger partial charge < -0.3 is 9.84 Å². The third-order valence-corrected chi connectivity index (χ3v) is 2.20. The Bertz CT molecular complexity index is 271. The van der Waals surface area contributed by atoms with E-state index in [9.17, 15) is 4.79 Å². The molecule has 3 heteroatoms. The molecule has 0 saturated carbocycles. The molecule has 1 fully saturated rings. The molecular weight excluding hydrogens is 156 g/mol. The van der Waals surface area contributed by atoms with Gasteiger partial charge in [-0.25, -0.2) is 4.79 Å². The predicted octanol–water partition coefficient (Wildman–Crippen LogP) is 1.12. The quantitative estimate of drug-likeness (QED) is 0.625. The third-order valence-electron chi connectivity index (χ3n) is 2.20. The number of epoxide rings is 1. The van der Waals surface area contributed by atoms with Crippen LogP contribution in [0.4, 0.5) is 0 Å². The van der Waals surface area contributed by atoms with Crippen molar-refractivity contribution in [2.75, 3.05) is 6.61 Å². The second-order valence-corrected chi connectivity index (χ2v) is 3.06. The fourth-order valence-corrected chi connectivity index (χ4v) is 1.36. The van der Waals surface area contributed by atoms with E-state index in [-0.39, 0.29) is 6.10 Å². The van der Waals surface area contributed by atoms with Crippen LogP contribution in [0.5, 0.6) is 0 Å². The maximum atomic E-state index is 10.5. The summed E-state index contributed by atoms with van der Waals surface area (Å²) in [6.07, 6.45) is 5.33. The lowest BCUT2D eigenvalue weighted by molar-refractivity contribution is -0.132. The highest BCUT2D eigenvalue weighted by Gasteiger charge is 2.28. The lowest BCUT2D eigenvalue weighted by Crippen LogP contribution is -2.06. The Balaban J connectivity index is 2.09. The molecule has 0 bridgehead atoms. The lowest BCUT2D eigenvalue weighted by atomic mass is 9.97. The predicted molar refractivity (Wildman–Crippen MR) is 42.8 cm³/mol. The molecule has 1 heterocycles. The molecule has 1 N–H and O–H groups in total. The number of carboxylic acid groups (broad SMARTS) is 1. The first-order valence-electron chi connectivity index (χ1n) is 4.02. The van der Waals surface area contributed by atoms with Crippen molar-refractivity contribution in [3.63, 3.8) is 0 Å². The van der Waals surface area contributed by atoms with Gasteiger partial charge in [-0.1, -0.05) is 12.2 Å². The second-order valence-electron chi connectivity index (χ2n) is 3.06. The molecule has 0 aromatic carbocycles. The average Bonchev–Trinajstić information content (AvgIpc) is 2.87. The molecule has 0 amide bonds. The highest BCUT2D eigenvalue weighted by atomic mass is 16.6. The zero-order chi connectivity index (χ0) is 8.55. The van der Waals surface area contributed by atoms with Gasteiger partial charge in [0.15, 0.2) is 0 Å². The summed E-state index contributed by atoms with van der Waals surface area (Å²) in [6, 6.07) is 0. The van der Waals surface area contributed by atoms with Crippen molar-refractivity contribution in [3.05, 3.63) is 23.3 Å². The van der Waals surface area contributed by atoms with E-state index in [1.54, 1.807) is 6.08 Å². The minimum atomic E-state index is -0.804. The zero-order valence-corrected chi connectivity index (χ0v) is 6.62. The topological polar surface area (TPSA) is 49.8 Å². The Morgan fingerprint density at radius 1 is 1.50 bits per heavy atom. The lowest BCUT2D eigenvalue weighted by Gasteiger charge is -2.09. The zero-order valence-electron chi connectivity index (χ0n) is 6.62. The summed E-state index contributed by atoms with van der Waals surface area (Å²) in [4.78, 5) is 10.5. The molecule has 1 atom stereocenters. The second kappa shape index (κ2) is 2.75. The number of hydrogen-bond donors (Lipinski definition) is 1. The molecule has 1 unspecified atom stereocenters. The van der Waals surface area contributed by atoms with E-state index in [1.807, 2.05) is 6.08 Å². The molecule has 2 rings (SSSR count). The van der Waals surface area contributed by atoms with Crippen molar-refractivity contribution in [2.24, 2.45) is 0 Å². The largest absolute Gasteiger partial charge is 0.478 e. The Morgan fingerprint density at radius 2 is 2.25 bits per heavy atom. The van der Waals surface area contributed by atoms with Crippen LogP contribution in [-0.2, 0) is 9.53 Å². The molecular formula is C9H10O3. The van der Waals surface area contributed by atoms with E-state index in [2.05, 4.69) is 0 Å². The van der Waals surface area contributed by atoms with E-state index < -0.39 is 5.97 Å². The molecule has 64 valence electrons. The molecule has 0 aromatic heterocycles. The molecule has 2 aliphatic rings. The molecule has 1 aliphatic carbocycles. The molecule has 0 aromatic rings. The number of hydrogen-bond acceptors (Lipinski definition) is 2. The number of carboxylic acids is 1. The maximum Gasteiger partial charge on any atom is 0.331 e. The van der Waals surface area contributed by atoms with Crippen molar-refractivity contribution in [1.29, 1.82) is 0 Å². The first kappa shape index (κ1) is 7.55. The van der Waals surface area contributed by atoms with Gasteiger partial charge >= 0.3 is 5.97 Å². The van der Waals surface area contributed by atoms with Crippen LogP contribution in [-0.4, -0.2) is 23.8 Å². The molecule has 12 heavy (non-hydrogen) atoms. The number of rotatable bonds is 2. The summed E-state index contributed by atoms with van der Waals surface area (Å²) in [6.45, 7) is 0.808. The number of carbonyl (C=O) groups is 1. The van der Waals surface area contributed by atoms with Crippen LogP contribution in [0.15, 0.2) is 23.3 Å². The van der Waals surface area contributed by atoms with Gasteiger partial charge in [-0.3, -0.25) is 0 Å². The van der Waals surface area contributed by atoms with Crippen molar-refractivity contribution < 1.29 is 14.6 Å². The highest BCUT2D eigenvalue weighted by Crippen LogP contribution is 2.28. The standard InChI is InChI=1S/C9H10O3/c10-9(11)7-3-1-6(2-4-7)8-5-12-8/h1,3,8H,2,4-5H2,(H,10,11). The number of allylic oxidation sites excluding steroid dienone is 2. The van der Waals surface area contributed by atoms with Gasteiger partial charge in [0.05, 0.1) is 6.61 Å². The van der Waals surface area contributed by atoms with E-state index in [4.69, 9.17) is 9.84 Å². The summed E-state index contributed by atoms with van der Waals surface area (Å²) >= 11 is 0. The van der Waals surface area contributed by atoms with Gasteiger partial charge in [0, 0.05) is 5.57 Å². The Labute approximate surface area is 70.3 Å². The van der Waals surface area contributed by atoms with Crippen LogP contribution >= 0.6 is 0 Å². The summed E-state index contributed by atoms with van der Waals surface area (Å²) in [5, 5.41) is 8.65. The number of ether oxygens (including phenoxy) is 1. The van der Waals surface area contributed by atoms with Crippen LogP contribution in [0.3, 0.4) is 0 Å². The summed E-state index contributed by atoms with van der Waals surface area (Å²) in [7, 11) is 0. The Kier molecular flexibility index (Phi) is 1.73. The maximum absolute atomic E-state index is 10.5. The van der Waals surface area contributed by atoms with E-state index in [1.165, 1.54) is 5.57 Å². The van der Waals surface area contributed by atoms with Crippen molar-refractivity contribution in [2.45, 2.75) is 18.9 Å². The van der Waals surface area contributed by atoms with Crippen LogP contribution < -0.4 is 0 Å². The van der Waals surface area contributed by atoms with Gasteiger partial charge in [-0.05, 0) is 18.4 Å². The van der Waals surface area contributed by atoms with Crippen molar-refractivity contribution in [3.8, 4) is 0 Å². The average molecular weight is 166 g/mol. The van der Waals surface area contributed by atoms with Gasteiger partial charge in [-0.2, -0.15) is 0 Å². The minimum absolute atomic E-state index is 0.289. The normalized spacial score (nSPS) is 27.5. The highest BCUT2D eigenvalue weighted by molar-refractivity contribution is 5.87. The molecule has 0 spiro atoms. The fraction of sp³-hybridized carbons (Fsp3) is 0.444. The van der Waals surface area contributed by atoms with Crippen LogP contribution in [0.25, 0.3) is 0 Å².